The van der Waals surface area contributed by atoms with Gasteiger partial charge in [-0.1, -0.05) is 0 Å². The summed E-state index contributed by atoms with van der Waals surface area (Å²) >= 11 is 4.20. The van der Waals surface area contributed by atoms with Crippen molar-refractivity contribution in [3.05, 3.63) is 44.7 Å². The van der Waals surface area contributed by atoms with Gasteiger partial charge in [-0.05, 0) is 6.07 Å². The van der Waals surface area contributed by atoms with Crippen molar-refractivity contribution in [3.8, 4) is 17.2 Å². The monoisotopic (exact) mass is 324 g/mol. The molecule has 1 aromatic carbocycles. The molecule has 2 aromatic rings. The van der Waals surface area contributed by atoms with Crippen molar-refractivity contribution in [1.29, 1.82) is 0 Å². The summed E-state index contributed by atoms with van der Waals surface area (Å²) in [5.41, 5.74) is -2.26. The van der Waals surface area contributed by atoms with E-state index in [1.54, 1.807) is 0 Å². The van der Waals surface area contributed by atoms with Crippen LogP contribution in [0.5, 0.6) is 11.5 Å². The molecular formula is C13H12N2O6S. The number of aromatic nitrogens is 2. The SMILES string of the molecule is COc1cc(S)c(-n2c(=O)[nH]cc(C(=O)O)c2=O)cc1OC. The van der Waals surface area contributed by atoms with Gasteiger partial charge in [0.15, 0.2) is 11.5 Å². The van der Waals surface area contributed by atoms with Crippen molar-refractivity contribution in [3.63, 3.8) is 0 Å². The summed E-state index contributed by atoms with van der Waals surface area (Å²) in [5.74, 6) is -0.825. The molecule has 116 valence electrons. The Balaban J connectivity index is 2.83. The molecule has 1 heterocycles. The van der Waals surface area contributed by atoms with E-state index in [0.717, 1.165) is 6.20 Å². The fourth-order valence-electron chi connectivity index (χ4n) is 1.88. The maximum absolute atomic E-state index is 12.2. The highest BCUT2D eigenvalue weighted by atomic mass is 32.1. The topological polar surface area (TPSA) is 111 Å². The Bertz CT molecular complexity index is 855. The van der Waals surface area contributed by atoms with E-state index >= 15 is 0 Å². The summed E-state index contributed by atoms with van der Waals surface area (Å²) in [7, 11) is 2.81. The van der Waals surface area contributed by atoms with Crippen LogP contribution in [0.15, 0.2) is 32.8 Å². The number of thiol groups is 1. The van der Waals surface area contributed by atoms with Gasteiger partial charge in [-0.3, -0.25) is 4.79 Å². The molecule has 0 aliphatic heterocycles. The van der Waals surface area contributed by atoms with E-state index in [4.69, 9.17) is 14.6 Å². The number of carboxylic acid groups (broad SMARTS) is 1. The van der Waals surface area contributed by atoms with E-state index in [1.165, 1.54) is 26.4 Å². The predicted octanol–water partition coefficient (Wildman–Crippen LogP) is 0.530. The van der Waals surface area contributed by atoms with Crippen LogP contribution in [-0.2, 0) is 0 Å². The first-order valence-corrected chi connectivity index (χ1v) is 6.38. The minimum atomic E-state index is -1.45. The number of nitrogens with one attached hydrogen (secondary N) is 1. The van der Waals surface area contributed by atoms with Crippen molar-refractivity contribution in [2.45, 2.75) is 4.90 Å². The Morgan fingerprint density at radius 2 is 1.82 bits per heavy atom. The van der Waals surface area contributed by atoms with Gasteiger partial charge in [0.05, 0.1) is 19.9 Å². The van der Waals surface area contributed by atoms with Crippen molar-refractivity contribution >= 4 is 18.6 Å². The number of aromatic amines is 1. The molecule has 0 aliphatic rings. The molecule has 0 spiro atoms. The van der Waals surface area contributed by atoms with Gasteiger partial charge in [0.25, 0.3) is 5.56 Å². The number of methoxy groups -OCH3 is 2. The van der Waals surface area contributed by atoms with Crippen LogP contribution in [0.3, 0.4) is 0 Å². The lowest BCUT2D eigenvalue weighted by atomic mass is 10.2. The number of H-pyrrole nitrogens is 1. The number of benzene rings is 1. The molecular weight excluding hydrogens is 312 g/mol. The van der Waals surface area contributed by atoms with Crippen LogP contribution in [0.25, 0.3) is 5.69 Å². The third-order valence-corrected chi connectivity index (χ3v) is 3.29. The summed E-state index contributed by atoms with van der Waals surface area (Å²) < 4.78 is 10.9. The molecule has 0 bridgehead atoms. The molecule has 9 heteroatoms. The van der Waals surface area contributed by atoms with Gasteiger partial charge >= 0.3 is 11.7 Å². The zero-order valence-electron chi connectivity index (χ0n) is 11.6. The third kappa shape index (κ3) is 2.58. The molecule has 2 rings (SSSR count). The number of carbonyl (C=O) groups is 1. The lowest BCUT2D eigenvalue weighted by Crippen LogP contribution is -2.37. The Labute approximate surface area is 129 Å². The molecule has 0 saturated heterocycles. The van der Waals surface area contributed by atoms with E-state index in [1.807, 2.05) is 0 Å². The second-order valence-corrected chi connectivity index (χ2v) is 4.63. The normalized spacial score (nSPS) is 10.3. The van der Waals surface area contributed by atoms with Crippen LogP contribution < -0.4 is 20.7 Å². The van der Waals surface area contributed by atoms with E-state index in [9.17, 15) is 14.4 Å². The summed E-state index contributed by atoms with van der Waals surface area (Å²) in [6.45, 7) is 0. The average molecular weight is 324 g/mol. The number of ether oxygens (including phenoxy) is 2. The highest BCUT2D eigenvalue weighted by molar-refractivity contribution is 7.80. The van der Waals surface area contributed by atoms with Crippen molar-refractivity contribution in [2.24, 2.45) is 0 Å². The van der Waals surface area contributed by atoms with Crippen LogP contribution in [0.4, 0.5) is 0 Å². The Morgan fingerprint density at radius 1 is 1.23 bits per heavy atom. The lowest BCUT2D eigenvalue weighted by Gasteiger charge is -2.13. The fourth-order valence-corrected chi connectivity index (χ4v) is 2.16. The number of carboxylic acids is 1. The van der Waals surface area contributed by atoms with Gasteiger partial charge in [0.2, 0.25) is 0 Å². The minimum Gasteiger partial charge on any atom is -0.493 e. The molecule has 0 fully saturated rings. The minimum absolute atomic E-state index is 0.0790. The standard InChI is InChI=1S/C13H12N2O6S/c1-20-8-3-7(10(22)4-9(8)21-2)15-11(16)6(12(17)18)5-14-13(15)19/h3-5,22H,1-2H3,(H,14,19)(H,17,18). The predicted molar refractivity (Wildman–Crippen MR) is 80.0 cm³/mol. The van der Waals surface area contributed by atoms with Gasteiger partial charge in [-0.15, -0.1) is 12.6 Å². The van der Waals surface area contributed by atoms with E-state index < -0.39 is 22.8 Å². The molecule has 0 atom stereocenters. The van der Waals surface area contributed by atoms with Crippen LogP contribution in [0, 0.1) is 0 Å². The van der Waals surface area contributed by atoms with Gasteiger partial charge in [0.1, 0.15) is 5.56 Å². The summed E-state index contributed by atoms with van der Waals surface area (Å²) in [6.07, 6.45) is 0.850. The summed E-state index contributed by atoms with van der Waals surface area (Å²) in [5, 5.41) is 8.98. The van der Waals surface area contributed by atoms with Gasteiger partial charge in [0, 0.05) is 17.2 Å². The highest BCUT2D eigenvalue weighted by Gasteiger charge is 2.18. The largest absolute Gasteiger partial charge is 0.493 e. The number of rotatable bonds is 4. The number of hydrogen-bond acceptors (Lipinski definition) is 6. The van der Waals surface area contributed by atoms with Crippen molar-refractivity contribution in [1.82, 2.24) is 9.55 Å². The van der Waals surface area contributed by atoms with Gasteiger partial charge < -0.3 is 19.6 Å². The first-order valence-electron chi connectivity index (χ1n) is 5.94. The van der Waals surface area contributed by atoms with E-state index in [-0.39, 0.29) is 16.3 Å². The smallest absolute Gasteiger partial charge is 0.342 e. The van der Waals surface area contributed by atoms with Crippen LogP contribution in [0.2, 0.25) is 0 Å². The lowest BCUT2D eigenvalue weighted by molar-refractivity contribution is 0.0694. The molecule has 2 N–H and O–H groups in total. The number of nitrogens with zero attached hydrogens (tertiary/aromatic N) is 1. The zero-order valence-corrected chi connectivity index (χ0v) is 12.5. The maximum Gasteiger partial charge on any atom is 0.342 e. The number of hydrogen-bond donors (Lipinski definition) is 3. The first kappa shape index (κ1) is 15.7. The second kappa shape index (κ2) is 5.98. The molecule has 0 aliphatic carbocycles. The van der Waals surface area contributed by atoms with Crippen LogP contribution in [0.1, 0.15) is 10.4 Å². The van der Waals surface area contributed by atoms with Crippen LogP contribution >= 0.6 is 12.6 Å². The molecule has 0 unspecified atom stereocenters. The zero-order chi connectivity index (χ0) is 16.4. The van der Waals surface area contributed by atoms with Gasteiger partial charge in [-0.25, -0.2) is 14.2 Å². The highest BCUT2D eigenvalue weighted by Crippen LogP contribution is 2.33. The van der Waals surface area contributed by atoms with Gasteiger partial charge in [-0.2, -0.15) is 0 Å². The number of aromatic carboxylic acids is 1. The molecule has 22 heavy (non-hydrogen) atoms. The summed E-state index contributed by atoms with van der Waals surface area (Å²) in [4.78, 5) is 37.6. The third-order valence-electron chi connectivity index (χ3n) is 2.93. The summed E-state index contributed by atoms with van der Waals surface area (Å²) in [6, 6.07) is 2.82. The second-order valence-electron chi connectivity index (χ2n) is 4.15. The molecule has 0 radical (unpaired) electrons. The van der Waals surface area contributed by atoms with Crippen molar-refractivity contribution in [2.75, 3.05) is 14.2 Å². The Kier molecular flexibility index (Phi) is 4.27. The van der Waals surface area contributed by atoms with E-state index in [2.05, 4.69) is 17.6 Å². The Hall–Kier alpha value is -2.68. The average Bonchev–Trinajstić information content (AvgIpc) is 2.47. The van der Waals surface area contributed by atoms with Crippen LogP contribution in [-0.4, -0.2) is 34.8 Å². The molecule has 8 nitrogen and oxygen atoms in total. The first-order chi connectivity index (χ1) is 10.4. The molecule has 1 aromatic heterocycles. The molecule has 0 saturated carbocycles. The quantitative estimate of drug-likeness (QED) is 0.708. The Morgan fingerprint density at radius 3 is 2.36 bits per heavy atom. The van der Waals surface area contributed by atoms with E-state index in [0.29, 0.717) is 10.3 Å². The molecule has 0 amide bonds. The fraction of sp³-hybridized carbons (Fsp3) is 0.154. The van der Waals surface area contributed by atoms with Crippen molar-refractivity contribution < 1.29 is 19.4 Å². The maximum atomic E-state index is 12.2.